The van der Waals surface area contributed by atoms with E-state index in [2.05, 4.69) is 10.3 Å². The first-order valence-electron chi connectivity index (χ1n) is 6.80. The highest BCUT2D eigenvalue weighted by molar-refractivity contribution is 8.01. The molecule has 0 aliphatic rings. The van der Waals surface area contributed by atoms with Crippen molar-refractivity contribution in [1.82, 2.24) is 4.98 Å². The van der Waals surface area contributed by atoms with E-state index in [-0.39, 0.29) is 11.7 Å². The summed E-state index contributed by atoms with van der Waals surface area (Å²) in [4.78, 5) is 27.4. The summed E-state index contributed by atoms with van der Waals surface area (Å²) in [6.45, 7) is 0. The van der Waals surface area contributed by atoms with Gasteiger partial charge in [0.05, 0.1) is 16.0 Å². The molecule has 3 rings (SSSR count). The molecule has 1 aromatic heterocycles. The Bertz CT molecular complexity index is 826. The molecule has 1 heterocycles. The molecule has 3 aromatic rings. The average Bonchev–Trinajstić information content (AvgIpc) is 2.96. The van der Waals surface area contributed by atoms with Gasteiger partial charge >= 0.3 is 0 Å². The standard InChI is InChI=1S/C16H13N3O2S2/c17-15(21)10-5-7-11(8-6-10)18-14(20)9-22-16-19-12-3-1-2-4-13(12)23-16/h1-8H,9H2,(H2,17,21)(H,18,20). The molecule has 0 saturated carbocycles. The summed E-state index contributed by atoms with van der Waals surface area (Å²) in [5.74, 6) is -0.340. The summed E-state index contributed by atoms with van der Waals surface area (Å²) in [6, 6.07) is 14.3. The van der Waals surface area contributed by atoms with Gasteiger partial charge in [0.25, 0.3) is 0 Å². The number of benzene rings is 2. The average molecular weight is 343 g/mol. The molecular weight excluding hydrogens is 330 g/mol. The topological polar surface area (TPSA) is 85.1 Å². The predicted molar refractivity (Wildman–Crippen MR) is 93.9 cm³/mol. The van der Waals surface area contributed by atoms with Crippen LogP contribution >= 0.6 is 23.1 Å². The Hall–Kier alpha value is -2.38. The zero-order valence-corrected chi connectivity index (χ0v) is 13.6. The lowest BCUT2D eigenvalue weighted by atomic mass is 10.2. The molecule has 0 bridgehead atoms. The van der Waals surface area contributed by atoms with Gasteiger partial charge in [-0.25, -0.2) is 4.98 Å². The Labute approximate surface area is 140 Å². The second-order valence-electron chi connectivity index (χ2n) is 4.73. The van der Waals surface area contributed by atoms with E-state index < -0.39 is 5.91 Å². The zero-order valence-electron chi connectivity index (χ0n) is 12.0. The van der Waals surface area contributed by atoms with Crippen molar-refractivity contribution in [3.63, 3.8) is 0 Å². The van der Waals surface area contributed by atoms with Gasteiger partial charge in [0.15, 0.2) is 4.34 Å². The lowest BCUT2D eigenvalue weighted by molar-refractivity contribution is -0.113. The normalized spacial score (nSPS) is 10.6. The number of anilines is 1. The molecule has 0 radical (unpaired) electrons. The quantitative estimate of drug-likeness (QED) is 0.697. The third kappa shape index (κ3) is 3.88. The number of hydrogen-bond donors (Lipinski definition) is 2. The Morgan fingerprint density at radius 3 is 2.57 bits per heavy atom. The number of nitrogens with zero attached hydrogens (tertiary/aromatic N) is 1. The van der Waals surface area contributed by atoms with Gasteiger partial charge < -0.3 is 11.1 Å². The van der Waals surface area contributed by atoms with Crippen molar-refractivity contribution in [1.29, 1.82) is 0 Å². The minimum absolute atomic E-state index is 0.124. The first-order chi connectivity index (χ1) is 11.1. The lowest BCUT2D eigenvalue weighted by Gasteiger charge is -2.04. The van der Waals surface area contributed by atoms with Gasteiger partial charge in [0.1, 0.15) is 0 Å². The number of rotatable bonds is 5. The number of para-hydroxylation sites is 1. The first kappa shape index (κ1) is 15.5. The van der Waals surface area contributed by atoms with E-state index >= 15 is 0 Å². The Kier molecular flexibility index (Phi) is 4.59. The number of carbonyl (C=O) groups is 2. The molecule has 23 heavy (non-hydrogen) atoms. The molecule has 0 saturated heterocycles. The van der Waals surface area contributed by atoms with Crippen LogP contribution in [0, 0.1) is 0 Å². The van der Waals surface area contributed by atoms with Crippen LogP contribution in [0.15, 0.2) is 52.9 Å². The van der Waals surface area contributed by atoms with E-state index in [0.29, 0.717) is 11.3 Å². The van der Waals surface area contributed by atoms with Crippen LogP contribution in [0.4, 0.5) is 5.69 Å². The number of nitrogens with one attached hydrogen (secondary N) is 1. The van der Waals surface area contributed by atoms with Crippen molar-refractivity contribution in [3.05, 3.63) is 54.1 Å². The highest BCUT2D eigenvalue weighted by Gasteiger charge is 2.08. The molecule has 2 aromatic carbocycles. The molecule has 0 aliphatic carbocycles. The molecule has 0 spiro atoms. The fourth-order valence-electron chi connectivity index (χ4n) is 1.95. The number of carbonyl (C=O) groups excluding carboxylic acids is 2. The minimum atomic E-state index is -0.491. The van der Waals surface area contributed by atoms with Gasteiger partial charge in [-0.1, -0.05) is 23.9 Å². The molecule has 7 heteroatoms. The molecule has 0 unspecified atom stereocenters. The minimum Gasteiger partial charge on any atom is -0.366 e. The van der Waals surface area contributed by atoms with Crippen molar-refractivity contribution < 1.29 is 9.59 Å². The van der Waals surface area contributed by atoms with Crippen molar-refractivity contribution in [2.24, 2.45) is 5.73 Å². The van der Waals surface area contributed by atoms with Gasteiger partial charge in [-0.2, -0.15) is 0 Å². The van der Waals surface area contributed by atoms with E-state index in [9.17, 15) is 9.59 Å². The van der Waals surface area contributed by atoms with Gasteiger partial charge in [-0.3, -0.25) is 9.59 Å². The highest BCUT2D eigenvalue weighted by Crippen LogP contribution is 2.29. The van der Waals surface area contributed by atoms with Crippen molar-refractivity contribution in [2.75, 3.05) is 11.1 Å². The fraction of sp³-hybridized carbons (Fsp3) is 0.0625. The number of amides is 2. The second-order valence-corrected chi connectivity index (χ2v) is 6.98. The number of thioether (sulfide) groups is 1. The number of thiazole rings is 1. The highest BCUT2D eigenvalue weighted by atomic mass is 32.2. The molecule has 116 valence electrons. The van der Waals surface area contributed by atoms with E-state index in [0.717, 1.165) is 14.6 Å². The van der Waals surface area contributed by atoms with Crippen molar-refractivity contribution >= 4 is 50.8 Å². The smallest absolute Gasteiger partial charge is 0.248 e. The van der Waals surface area contributed by atoms with Crippen LogP contribution in [0.3, 0.4) is 0 Å². The molecule has 3 N–H and O–H groups in total. The van der Waals surface area contributed by atoms with Crippen LogP contribution in [0.1, 0.15) is 10.4 Å². The summed E-state index contributed by atoms with van der Waals surface area (Å²) in [5, 5.41) is 2.78. The summed E-state index contributed by atoms with van der Waals surface area (Å²) < 4.78 is 1.97. The predicted octanol–water partition coefficient (Wildman–Crippen LogP) is 3.13. The molecule has 2 amide bonds. The number of nitrogens with two attached hydrogens (primary N) is 1. The molecule has 5 nitrogen and oxygen atoms in total. The van der Waals surface area contributed by atoms with Gasteiger partial charge in [-0.15, -0.1) is 11.3 Å². The maximum atomic E-state index is 12.0. The monoisotopic (exact) mass is 343 g/mol. The van der Waals surface area contributed by atoms with Crippen molar-refractivity contribution in [3.8, 4) is 0 Å². The van der Waals surface area contributed by atoms with Crippen LogP contribution in [-0.2, 0) is 4.79 Å². The van der Waals surface area contributed by atoms with Crippen LogP contribution in [0.25, 0.3) is 10.2 Å². The Balaban J connectivity index is 1.57. The Morgan fingerprint density at radius 2 is 1.87 bits per heavy atom. The lowest BCUT2D eigenvalue weighted by Crippen LogP contribution is -2.14. The molecule has 0 aliphatic heterocycles. The van der Waals surface area contributed by atoms with Crippen molar-refractivity contribution in [2.45, 2.75) is 4.34 Å². The number of fused-ring (bicyclic) bond motifs is 1. The van der Waals surface area contributed by atoms with E-state index in [1.54, 1.807) is 35.6 Å². The molecular formula is C16H13N3O2S2. The van der Waals surface area contributed by atoms with Crippen LogP contribution in [0.2, 0.25) is 0 Å². The summed E-state index contributed by atoms with van der Waals surface area (Å²) in [5.41, 5.74) is 7.16. The van der Waals surface area contributed by atoms with Gasteiger partial charge in [0, 0.05) is 11.3 Å². The maximum absolute atomic E-state index is 12.0. The third-order valence-electron chi connectivity index (χ3n) is 3.05. The largest absolute Gasteiger partial charge is 0.366 e. The van der Waals surface area contributed by atoms with Crippen LogP contribution in [-0.4, -0.2) is 22.6 Å². The van der Waals surface area contributed by atoms with E-state index in [1.807, 2.05) is 24.3 Å². The molecule has 0 atom stereocenters. The summed E-state index contributed by atoms with van der Waals surface area (Å²) in [6.07, 6.45) is 0. The number of hydrogen-bond acceptors (Lipinski definition) is 5. The second kappa shape index (κ2) is 6.80. The fourth-order valence-corrected chi connectivity index (χ4v) is 3.82. The zero-order chi connectivity index (χ0) is 16.2. The number of primary amides is 1. The summed E-state index contributed by atoms with van der Waals surface area (Å²) >= 11 is 2.97. The van der Waals surface area contributed by atoms with Crippen LogP contribution < -0.4 is 11.1 Å². The maximum Gasteiger partial charge on any atom is 0.248 e. The Morgan fingerprint density at radius 1 is 1.13 bits per heavy atom. The SMILES string of the molecule is NC(=O)c1ccc(NC(=O)CSc2nc3ccccc3s2)cc1. The molecule has 0 fully saturated rings. The number of aromatic nitrogens is 1. The van der Waals surface area contributed by atoms with Gasteiger partial charge in [0.2, 0.25) is 11.8 Å². The summed E-state index contributed by atoms with van der Waals surface area (Å²) in [7, 11) is 0. The van der Waals surface area contributed by atoms with Crippen LogP contribution in [0.5, 0.6) is 0 Å². The first-order valence-corrected chi connectivity index (χ1v) is 8.60. The van der Waals surface area contributed by atoms with Gasteiger partial charge in [-0.05, 0) is 36.4 Å². The third-order valence-corrected chi connectivity index (χ3v) is 5.23. The van der Waals surface area contributed by atoms with E-state index in [4.69, 9.17) is 5.73 Å². The van der Waals surface area contributed by atoms with E-state index in [1.165, 1.54) is 11.8 Å².